The van der Waals surface area contributed by atoms with Gasteiger partial charge in [-0.2, -0.15) is 0 Å². The summed E-state index contributed by atoms with van der Waals surface area (Å²) in [5, 5.41) is 33.7. The lowest BCUT2D eigenvalue weighted by Crippen LogP contribution is -2.19. The van der Waals surface area contributed by atoms with Crippen LogP contribution < -0.4 is 0 Å². The molecule has 3 heteroatoms. The highest BCUT2D eigenvalue weighted by Gasteiger charge is 2.23. The number of benzene rings is 3. The van der Waals surface area contributed by atoms with Gasteiger partial charge in [0.1, 0.15) is 12.2 Å². The van der Waals surface area contributed by atoms with Crippen LogP contribution in [0.1, 0.15) is 22.8 Å². The Bertz CT molecular complexity index is 911. The Morgan fingerprint density at radius 1 is 0.909 bits per heavy atom. The molecule has 0 heterocycles. The zero-order valence-electron chi connectivity index (χ0n) is 11.9. The van der Waals surface area contributed by atoms with Gasteiger partial charge < -0.3 is 15.3 Å². The number of fused-ring (bicyclic) bond motifs is 4. The summed E-state index contributed by atoms with van der Waals surface area (Å²) in [6.45, 7) is -0.00212. The van der Waals surface area contributed by atoms with Crippen LogP contribution in [0.5, 0.6) is 0 Å². The average Bonchev–Trinajstić information content (AvgIpc) is 2.56. The smallest absolute Gasteiger partial charge is 0.109 e. The Morgan fingerprint density at radius 3 is 2.59 bits per heavy atom. The molecule has 1 aliphatic rings. The fourth-order valence-corrected chi connectivity index (χ4v) is 3.27. The summed E-state index contributed by atoms with van der Waals surface area (Å²) in [7, 11) is 0. The van der Waals surface area contributed by atoms with Crippen LogP contribution in [0, 0.1) is 0 Å². The highest BCUT2D eigenvalue weighted by Crippen LogP contribution is 2.35. The van der Waals surface area contributed by atoms with Crippen LogP contribution in [0.2, 0.25) is 0 Å². The highest BCUT2D eigenvalue weighted by atomic mass is 16.3. The molecule has 0 radical (unpaired) electrons. The molecule has 0 bridgehead atoms. The van der Waals surface area contributed by atoms with Crippen LogP contribution in [0.25, 0.3) is 27.6 Å². The Hall–Kier alpha value is -2.20. The summed E-state index contributed by atoms with van der Waals surface area (Å²) in [6.07, 6.45) is 1.69. The Kier molecular flexibility index (Phi) is 3.01. The van der Waals surface area contributed by atoms with E-state index in [4.69, 9.17) is 0 Å². The van der Waals surface area contributed by atoms with Gasteiger partial charge in [-0.3, -0.25) is 0 Å². The molecule has 0 aliphatic heterocycles. The first-order valence-corrected chi connectivity index (χ1v) is 7.32. The van der Waals surface area contributed by atoms with Gasteiger partial charge in [0.25, 0.3) is 0 Å². The molecule has 0 saturated heterocycles. The lowest BCUT2D eigenvalue weighted by molar-refractivity contribution is 0.0471. The molecule has 0 saturated carbocycles. The highest BCUT2D eigenvalue weighted by molar-refractivity contribution is 6.09. The minimum Gasteiger partial charge on any atom is -0.392 e. The van der Waals surface area contributed by atoms with E-state index in [1.165, 1.54) is 0 Å². The maximum absolute atomic E-state index is 10.2. The molecule has 110 valence electrons. The van der Waals surface area contributed by atoms with Crippen molar-refractivity contribution in [2.24, 2.45) is 0 Å². The number of hydrogen-bond donors (Lipinski definition) is 3. The SMILES string of the molecule is OCc1cccc2c1ccc1cc3c(cc12)[C@H](O)[C@@H](O)C=C3. The molecule has 0 amide bonds. The van der Waals surface area contributed by atoms with Gasteiger partial charge in [0, 0.05) is 0 Å². The summed E-state index contributed by atoms with van der Waals surface area (Å²) >= 11 is 0. The van der Waals surface area contributed by atoms with Crippen molar-refractivity contribution in [3.05, 3.63) is 65.2 Å². The van der Waals surface area contributed by atoms with Crippen LogP contribution in [-0.2, 0) is 6.61 Å². The molecule has 3 nitrogen and oxygen atoms in total. The second-order valence-electron chi connectivity index (χ2n) is 5.73. The first-order chi connectivity index (χ1) is 10.7. The maximum atomic E-state index is 10.2. The van der Waals surface area contributed by atoms with Crippen molar-refractivity contribution in [1.29, 1.82) is 0 Å². The van der Waals surface area contributed by atoms with E-state index < -0.39 is 12.2 Å². The first kappa shape index (κ1) is 13.5. The molecule has 0 unspecified atom stereocenters. The van der Waals surface area contributed by atoms with E-state index in [2.05, 4.69) is 0 Å². The third kappa shape index (κ3) is 1.87. The van der Waals surface area contributed by atoms with Gasteiger partial charge in [-0.25, -0.2) is 0 Å². The largest absolute Gasteiger partial charge is 0.392 e. The Labute approximate surface area is 127 Å². The quantitative estimate of drug-likeness (QED) is 0.604. The van der Waals surface area contributed by atoms with Gasteiger partial charge in [-0.05, 0) is 50.4 Å². The fourth-order valence-electron chi connectivity index (χ4n) is 3.27. The summed E-state index contributed by atoms with van der Waals surface area (Å²) in [5.74, 6) is 0. The molecule has 4 rings (SSSR count). The van der Waals surface area contributed by atoms with Crippen molar-refractivity contribution < 1.29 is 15.3 Å². The predicted molar refractivity (Wildman–Crippen MR) is 87.4 cm³/mol. The molecule has 1 aliphatic carbocycles. The van der Waals surface area contributed by atoms with E-state index in [1.807, 2.05) is 48.5 Å². The van der Waals surface area contributed by atoms with E-state index >= 15 is 0 Å². The zero-order valence-corrected chi connectivity index (χ0v) is 11.9. The summed E-state index contributed by atoms with van der Waals surface area (Å²) in [6, 6.07) is 13.9. The van der Waals surface area contributed by atoms with Gasteiger partial charge >= 0.3 is 0 Å². The molecule has 3 aromatic rings. The minimum atomic E-state index is -0.902. The third-order valence-corrected chi connectivity index (χ3v) is 4.46. The van der Waals surface area contributed by atoms with Crippen LogP contribution in [0.4, 0.5) is 0 Å². The predicted octanol–water partition coefficient (Wildman–Crippen LogP) is 2.91. The van der Waals surface area contributed by atoms with Gasteiger partial charge in [0.05, 0.1) is 6.61 Å². The van der Waals surface area contributed by atoms with Crippen LogP contribution in [-0.4, -0.2) is 21.4 Å². The second kappa shape index (κ2) is 4.92. The van der Waals surface area contributed by atoms with Gasteiger partial charge in [-0.15, -0.1) is 0 Å². The maximum Gasteiger partial charge on any atom is 0.109 e. The van der Waals surface area contributed by atoms with Crippen molar-refractivity contribution in [2.75, 3.05) is 0 Å². The van der Waals surface area contributed by atoms with Crippen LogP contribution >= 0.6 is 0 Å². The van der Waals surface area contributed by atoms with E-state index in [-0.39, 0.29) is 6.61 Å². The minimum absolute atomic E-state index is 0.00212. The lowest BCUT2D eigenvalue weighted by Gasteiger charge is -2.22. The topological polar surface area (TPSA) is 60.7 Å². The average molecular weight is 292 g/mol. The Morgan fingerprint density at radius 2 is 1.77 bits per heavy atom. The summed E-state index contributed by atoms with van der Waals surface area (Å²) in [4.78, 5) is 0. The Balaban J connectivity index is 2.08. The molecule has 0 spiro atoms. The van der Waals surface area contributed by atoms with Crippen molar-refractivity contribution in [3.63, 3.8) is 0 Å². The molecular weight excluding hydrogens is 276 g/mol. The number of aliphatic hydroxyl groups is 3. The lowest BCUT2D eigenvalue weighted by atomic mass is 9.88. The molecule has 3 N–H and O–H groups in total. The number of rotatable bonds is 1. The fraction of sp³-hybridized carbons (Fsp3) is 0.158. The van der Waals surface area contributed by atoms with Crippen molar-refractivity contribution in [2.45, 2.75) is 18.8 Å². The van der Waals surface area contributed by atoms with E-state index in [9.17, 15) is 15.3 Å². The van der Waals surface area contributed by atoms with Gasteiger partial charge in [-0.1, -0.05) is 42.5 Å². The number of hydrogen-bond acceptors (Lipinski definition) is 3. The third-order valence-electron chi connectivity index (χ3n) is 4.46. The van der Waals surface area contributed by atoms with E-state index in [1.54, 1.807) is 6.08 Å². The molecular formula is C19H16O3. The molecule has 3 aromatic carbocycles. The van der Waals surface area contributed by atoms with Crippen molar-refractivity contribution >= 4 is 27.6 Å². The standard InChI is InChI=1S/C19H16O3/c20-10-13-2-1-3-15-14(13)6-4-11-8-12-5-7-18(21)19(22)17(12)9-16(11)15/h1-9,18-22H,10H2/t18-,19-/m0/s1. The molecule has 0 aromatic heterocycles. The summed E-state index contributed by atoms with van der Waals surface area (Å²) < 4.78 is 0. The monoisotopic (exact) mass is 292 g/mol. The second-order valence-corrected chi connectivity index (χ2v) is 5.73. The van der Waals surface area contributed by atoms with Crippen LogP contribution in [0.15, 0.2) is 48.5 Å². The van der Waals surface area contributed by atoms with E-state index in [0.29, 0.717) is 0 Å². The normalized spacial score (nSPS) is 20.5. The zero-order chi connectivity index (χ0) is 15.3. The molecule has 2 atom stereocenters. The molecule has 0 fully saturated rings. The van der Waals surface area contributed by atoms with E-state index in [0.717, 1.165) is 38.2 Å². The molecule has 22 heavy (non-hydrogen) atoms. The van der Waals surface area contributed by atoms with Gasteiger partial charge in [0.15, 0.2) is 0 Å². The first-order valence-electron chi connectivity index (χ1n) is 7.32. The number of aliphatic hydroxyl groups excluding tert-OH is 3. The van der Waals surface area contributed by atoms with Crippen molar-refractivity contribution in [1.82, 2.24) is 0 Å². The summed E-state index contributed by atoms with van der Waals surface area (Å²) in [5.41, 5.74) is 2.56. The van der Waals surface area contributed by atoms with Crippen molar-refractivity contribution in [3.8, 4) is 0 Å². The van der Waals surface area contributed by atoms with Gasteiger partial charge in [0.2, 0.25) is 0 Å². The van der Waals surface area contributed by atoms with Crippen LogP contribution in [0.3, 0.4) is 0 Å².